The van der Waals surface area contributed by atoms with Crippen LogP contribution in [-0.4, -0.2) is 180 Å². The van der Waals surface area contributed by atoms with Gasteiger partial charge >= 0.3 is 5.97 Å². The third kappa shape index (κ3) is 7.87. The molecule has 0 amide bonds. The molecule has 3 heterocycles. The molecule has 11 N–H and O–H groups in total. The zero-order valence-electron chi connectivity index (χ0n) is 39.5. The summed E-state index contributed by atoms with van der Waals surface area (Å²) in [7, 11) is 0. The average Bonchev–Trinajstić information content (AvgIpc) is 3.26. The maximum atomic E-state index is 13.2. The lowest BCUT2D eigenvalue weighted by Gasteiger charge is -2.71. The normalized spacial score (nSPS) is 53.3. The fraction of sp³-hybridized carbons (Fsp3) is 0.938. The summed E-state index contributed by atoms with van der Waals surface area (Å²) in [6, 6.07) is 0. The van der Waals surface area contributed by atoms with Crippen LogP contribution in [0.5, 0.6) is 0 Å². The van der Waals surface area contributed by atoms with Gasteiger partial charge in [0.15, 0.2) is 18.9 Å². The fourth-order valence-electron chi connectivity index (χ4n) is 15.1. The number of carboxylic acids is 1. The van der Waals surface area contributed by atoms with Crippen molar-refractivity contribution in [1.29, 1.82) is 0 Å². The van der Waals surface area contributed by atoms with E-state index in [2.05, 4.69) is 54.5 Å². The van der Waals surface area contributed by atoms with Crippen molar-refractivity contribution in [3.63, 3.8) is 0 Å². The topological polar surface area (TPSA) is 295 Å². The molecule has 0 unspecified atom stereocenters. The molecule has 18 heteroatoms. The number of aliphatic carboxylic acids is 1. The molecule has 3 saturated heterocycles. The summed E-state index contributed by atoms with van der Waals surface area (Å²) >= 11 is 0. The Morgan fingerprint density at radius 3 is 1.71 bits per heavy atom. The molecule has 23 atom stereocenters. The van der Waals surface area contributed by atoms with Crippen molar-refractivity contribution in [3.05, 3.63) is 11.6 Å². The minimum Gasteiger partial charge on any atom is -0.481 e. The van der Waals surface area contributed by atoms with Crippen LogP contribution in [0.15, 0.2) is 11.6 Å². The van der Waals surface area contributed by atoms with Gasteiger partial charge in [0.2, 0.25) is 0 Å². The molecule has 0 aromatic heterocycles. The van der Waals surface area contributed by atoms with Crippen molar-refractivity contribution in [2.45, 2.75) is 211 Å². The second-order valence-corrected chi connectivity index (χ2v) is 23.5. The first-order chi connectivity index (χ1) is 30.9. The second-order valence-electron chi connectivity index (χ2n) is 23.5. The summed E-state index contributed by atoms with van der Waals surface area (Å²) in [6.45, 7) is 13.9. The fourth-order valence-corrected chi connectivity index (χ4v) is 15.1. The molecular formula is C48H78O18. The van der Waals surface area contributed by atoms with Crippen molar-refractivity contribution in [1.82, 2.24) is 0 Å². The summed E-state index contributed by atoms with van der Waals surface area (Å²) in [5, 5.41) is 117. The highest BCUT2D eigenvalue weighted by Gasteiger charge is 2.70. The lowest BCUT2D eigenvalue weighted by Crippen LogP contribution is -2.68. The molecule has 7 fully saturated rings. The average molecular weight is 943 g/mol. The van der Waals surface area contributed by atoms with E-state index in [1.165, 1.54) is 5.57 Å². The Kier molecular flexibility index (Phi) is 13.9. The van der Waals surface area contributed by atoms with Gasteiger partial charge < -0.3 is 84.6 Å². The molecule has 18 nitrogen and oxygen atoms in total. The molecule has 8 aliphatic rings. The van der Waals surface area contributed by atoms with Crippen LogP contribution in [0, 0.1) is 50.2 Å². The van der Waals surface area contributed by atoms with Crippen LogP contribution in [0.2, 0.25) is 0 Å². The van der Waals surface area contributed by atoms with Crippen LogP contribution < -0.4 is 0 Å². The van der Waals surface area contributed by atoms with E-state index in [4.69, 9.17) is 28.4 Å². The molecule has 0 aromatic carbocycles. The number of ether oxygens (including phenoxy) is 6. The Labute approximate surface area is 387 Å². The Balaban J connectivity index is 1.07. The van der Waals surface area contributed by atoms with Crippen molar-refractivity contribution >= 4 is 5.97 Å². The van der Waals surface area contributed by atoms with Crippen molar-refractivity contribution in [2.75, 3.05) is 19.8 Å². The summed E-state index contributed by atoms with van der Waals surface area (Å²) in [5.74, 6) is -0.229. The van der Waals surface area contributed by atoms with Crippen LogP contribution in [0.1, 0.15) is 113 Å². The second kappa shape index (κ2) is 18.0. The van der Waals surface area contributed by atoms with Crippen molar-refractivity contribution < 1.29 is 89.4 Å². The Morgan fingerprint density at radius 1 is 0.606 bits per heavy atom. The highest BCUT2D eigenvalue weighted by atomic mass is 16.8. The predicted molar refractivity (Wildman–Crippen MR) is 231 cm³/mol. The quantitative estimate of drug-likeness (QED) is 0.106. The largest absolute Gasteiger partial charge is 0.481 e. The van der Waals surface area contributed by atoms with Crippen molar-refractivity contribution in [2.24, 2.45) is 50.2 Å². The molecular weight excluding hydrogens is 865 g/mol. The number of rotatable bonds is 10. The highest BCUT2D eigenvalue weighted by Crippen LogP contribution is 2.76. The van der Waals surface area contributed by atoms with Gasteiger partial charge in [0.1, 0.15) is 73.2 Å². The molecule has 378 valence electrons. The molecule has 0 bridgehead atoms. The standard InChI is InChI=1S/C48H78O18/c1-43(2)14-16-48(42(59)60)17-15-46(6)22(23(48)18-43)8-9-28-45(5)12-11-29(44(3,4)27(45)10-13-47(28,46)7)64-41-38(66-40-35(57)33(55)31(53)25(20-50)62-40)36(58)37(26(21-51)63-41)65-39-34(56)32(54)30(52)24(19-49)61-39/h8,23-41,49-58H,9-21H2,1-7H3,(H,59,60)/t23-,24-,25+,26-,27-,28-,29+,30-,31+,32+,33-,34-,35-,36+,37-,38-,39-,40-,41-,45-,46+,47-,48-/m1/s1. The van der Waals surface area contributed by atoms with E-state index in [0.29, 0.717) is 25.2 Å². The number of aliphatic hydroxyl groups excluding tert-OH is 10. The van der Waals surface area contributed by atoms with Gasteiger partial charge in [-0.15, -0.1) is 0 Å². The van der Waals surface area contributed by atoms with Gasteiger partial charge in [-0.2, -0.15) is 0 Å². The summed E-state index contributed by atoms with van der Waals surface area (Å²) in [6.07, 6.45) is -14.9. The van der Waals surface area contributed by atoms with E-state index in [1.54, 1.807) is 0 Å². The highest BCUT2D eigenvalue weighted by molar-refractivity contribution is 5.76. The van der Waals surface area contributed by atoms with E-state index >= 15 is 0 Å². The molecule has 5 aliphatic carbocycles. The lowest BCUT2D eigenvalue weighted by atomic mass is 9.33. The van der Waals surface area contributed by atoms with Gasteiger partial charge in [0.05, 0.1) is 31.3 Å². The van der Waals surface area contributed by atoms with Crippen molar-refractivity contribution in [3.8, 4) is 0 Å². The minimum atomic E-state index is -1.87. The van der Waals surface area contributed by atoms with Crippen LogP contribution in [0.25, 0.3) is 0 Å². The molecule has 3 aliphatic heterocycles. The maximum Gasteiger partial charge on any atom is 0.310 e. The summed E-state index contributed by atoms with van der Waals surface area (Å²) in [4.78, 5) is 13.2. The molecule has 4 saturated carbocycles. The zero-order valence-corrected chi connectivity index (χ0v) is 39.5. The van der Waals surface area contributed by atoms with Crippen LogP contribution >= 0.6 is 0 Å². The maximum absolute atomic E-state index is 13.2. The molecule has 0 radical (unpaired) electrons. The smallest absolute Gasteiger partial charge is 0.310 e. The molecule has 8 rings (SSSR count). The number of fused-ring (bicyclic) bond motifs is 7. The Bertz CT molecular complexity index is 1790. The number of hydrogen-bond donors (Lipinski definition) is 11. The first-order valence-corrected chi connectivity index (χ1v) is 24.3. The minimum absolute atomic E-state index is 0.00433. The Morgan fingerprint density at radius 2 is 1.15 bits per heavy atom. The number of allylic oxidation sites excluding steroid dienone is 2. The number of hydrogen-bond acceptors (Lipinski definition) is 17. The van der Waals surface area contributed by atoms with Crippen LogP contribution in [-0.2, 0) is 33.2 Å². The van der Waals surface area contributed by atoms with E-state index < -0.39 is 135 Å². The van der Waals surface area contributed by atoms with E-state index in [0.717, 1.165) is 44.9 Å². The third-order valence-electron chi connectivity index (χ3n) is 19.4. The third-order valence-corrected chi connectivity index (χ3v) is 19.4. The van der Waals surface area contributed by atoms with Gasteiger partial charge in [-0.3, -0.25) is 4.79 Å². The predicted octanol–water partition coefficient (Wildman–Crippen LogP) is 0.706. The Hall–Kier alpha value is -1.43. The molecule has 0 aromatic rings. The SMILES string of the molecule is CC1(C)CC[C@@]2(C(=O)O)CC[C@@]3(C)C(=CC[C@@H]4[C@]5(C)CC[C@H](O[C@H]6O[C@H](CO)[C@@H](O[C@H]7O[C@H](CO)[C@@H](O)[C@H](O)[C@H]7O)[C@H](O)[C@H]6O[C@H]6O[C@@H](CO)[C@H](O)[C@@H](O)[C@H]6O)C(C)(C)[C@H]5CC[C@]43C)[C@H]2C1. The summed E-state index contributed by atoms with van der Waals surface area (Å²) in [5.41, 5.74) is -0.256. The van der Waals surface area contributed by atoms with Gasteiger partial charge in [-0.05, 0) is 109 Å². The number of aliphatic hydroxyl groups is 10. The lowest BCUT2D eigenvalue weighted by molar-refractivity contribution is -0.395. The first kappa shape index (κ1) is 50.9. The van der Waals surface area contributed by atoms with Gasteiger partial charge in [-0.1, -0.05) is 60.1 Å². The number of carbonyl (C=O) groups is 1. The van der Waals surface area contributed by atoms with E-state index in [9.17, 15) is 61.0 Å². The number of carboxylic acid groups (broad SMARTS) is 1. The molecule has 66 heavy (non-hydrogen) atoms. The molecule has 0 spiro atoms. The summed E-state index contributed by atoms with van der Waals surface area (Å²) < 4.78 is 36.7. The van der Waals surface area contributed by atoms with E-state index in [1.807, 2.05) is 0 Å². The first-order valence-electron chi connectivity index (χ1n) is 24.3. The monoisotopic (exact) mass is 943 g/mol. The van der Waals surface area contributed by atoms with Crippen LogP contribution in [0.3, 0.4) is 0 Å². The van der Waals surface area contributed by atoms with Gasteiger partial charge in [-0.25, -0.2) is 0 Å². The van der Waals surface area contributed by atoms with Crippen LogP contribution in [0.4, 0.5) is 0 Å². The zero-order chi connectivity index (χ0) is 48.3. The van der Waals surface area contributed by atoms with Gasteiger partial charge in [0.25, 0.3) is 0 Å². The van der Waals surface area contributed by atoms with E-state index in [-0.39, 0.29) is 33.5 Å². The van der Waals surface area contributed by atoms with Gasteiger partial charge in [0, 0.05) is 0 Å².